The maximum Gasteiger partial charge on any atom is 0.253 e. The first-order valence-corrected chi connectivity index (χ1v) is 11.9. The average Bonchev–Trinajstić information content (AvgIpc) is 3.40. The third-order valence-corrected chi connectivity index (χ3v) is 6.15. The van der Waals surface area contributed by atoms with E-state index in [2.05, 4.69) is 15.1 Å². The highest BCUT2D eigenvalue weighted by Crippen LogP contribution is 2.25. The number of benzene rings is 3. The number of ether oxygens (including phenoxy) is 1. The predicted molar refractivity (Wildman–Crippen MR) is 134 cm³/mol. The Bertz CT molecular complexity index is 1260. The molecule has 0 radical (unpaired) electrons. The number of para-hydroxylation sites is 1. The Morgan fingerprint density at radius 1 is 0.857 bits per heavy atom. The van der Waals surface area contributed by atoms with Crippen molar-refractivity contribution in [3.63, 3.8) is 0 Å². The quantitative estimate of drug-likeness (QED) is 0.396. The number of hydrogen-bond acceptors (Lipinski definition) is 6. The molecule has 178 valence electrons. The minimum Gasteiger partial charge on any atom is -0.492 e. The highest BCUT2D eigenvalue weighted by molar-refractivity contribution is 5.94. The van der Waals surface area contributed by atoms with Gasteiger partial charge in [0, 0.05) is 49.4 Å². The lowest BCUT2D eigenvalue weighted by atomic mass is 10.1. The first kappa shape index (κ1) is 22.8. The van der Waals surface area contributed by atoms with Crippen LogP contribution in [0.3, 0.4) is 0 Å². The Hall–Kier alpha value is -3.97. The van der Waals surface area contributed by atoms with Gasteiger partial charge in [-0.05, 0) is 55.5 Å². The van der Waals surface area contributed by atoms with Crippen LogP contribution in [0.4, 0.5) is 0 Å². The molecule has 2 heterocycles. The molecule has 0 saturated carbocycles. The highest BCUT2D eigenvalue weighted by Gasteiger charge is 2.22. The van der Waals surface area contributed by atoms with Crippen LogP contribution in [0.2, 0.25) is 0 Å². The van der Waals surface area contributed by atoms with Crippen LogP contribution in [0.15, 0.2) is 83.3 Å². The number of carbonyl (C=O) groups excluding carboxylic acids is 1. The van der Waals surface area contributed by atoms with Crippen molar-refractivity contribution in [1.82, 2.24) is 20.0 Å². The number of piperazine rings is 1. The monoisotopic (exact) mass is 468 g/mol. The van der Waals surface area contributed by atoms with E-state index in [0.717, 1.165) is 42.1 Å². The average molecular weight is 469 g/mol. The molecule has 0 bridgehead atoms. The Morgan fingerprint density at radius 3 is 2.29 bits per heavy atom. The zero-order valence-corrected chi connectivity index (χ0v) is 19.8. The van der Waals surface area contributed by atoms with E-state index in [1.807, 2.05) is 90.7 Å². The van der Waals surface area contributed by atoms with Crippen molar-refractivity contribution in [1.29, 1.82) is 0 Å². The van der Waals surface area contributed by atoms with Crippen LogP contribution in [0.25, 0.3) is 22.9 Å². The molecule has 0 aliphatic carbocycles. The molecule has 1 aliphatic rings. The summed E-state index contributed by atoms with van der Waals surface area (Å²) >= 11 is 0. The molecule has 0 atom stereocenters. The van der Waals surface area contributed by atoms with E-state index in [1.165, 1.54) is 0 Å². The summed E-state index contributed by atoms with van der Waals surface area (Å²) in [6, 6.07) is 25.2. The summed E-state index contributed by atoms with van der Waals surface area (Å²) in [5.74, 6) is 1.85. The largest absolute Gasteiger partial charge is 0.492 e. The molecule has 5 rings (SSSR count). The van der Waals surface area contributed by atoms with Gasteiger partial charge in [0.1, 0.15) is 12.4 Å². The fraction of sp³-hybridized carbons (Fsp3) is 0.250. The smallest absolute Gasteiger partial charge is 0.253 e. The van der Waals surface area contributed by atoms with Crippen molar-refractivity contribution < 1.29 is 13.9 Å². The number of amides is 1. The van der Waals surface area contributed by atoms with Crippen molar-refractivity contribution in [2.75, 3.05) is 39.3 Å². The molecule has 4 aromatic rings. The zero-order valence-electron chi connectivity index (χ0n) is 19.8. The summed E-state index contributed by atoms with van der Waals surface area (Å²) < 4.78 is 11.7. The Balaban J connectivity index is 1.13. The predicted octanol–water partition coefficient (Wildman–Crippen LogP) is 4.55. The zero-order chi connectivity index (χ0) is 24.0. The summed E-state index contributed by atoms with van der Waals surface area (Å²) in [5, 5.41) is 8.36. The molecular weight excluding hydrogens is 440 g/mol. The Labute approximate surface area is 205 Å². The maximum atomic E-state index is 13.0. The lowest BCUT2D eigenvalue weighted by molar-refractivity contribution is 0.0620. The van der Waals surface area contributed by atoms with Gasteiger partial charge in [0.25, 0.3) is 5.91 Å². The van der Waals surface area contributed by atoms with Gasteiger partial charge < -0.3 is 14.1 Å². The first-order chi connectivity index (χ1) is 17.2. The van der Waals surface area contributed by atoms with E-state index >= 15 is 0 Å². The molecular formula is C28H28N4O3. The fourth-order valence-electron chi connectivity index (χ4n) is 4.16. The number of rotatable bonds is 7. The maximum absolute atomic E-state index is 13.0. The van der Waals surface area contributed by atoms with E-state index in [9.17, 15) is 4.79 Å². The van der Waals surface area contributed by atoms with Gasteiger partial charge in [0.15, 0.2) is 0 Å². The third kappa shape index (κ3) is 5.58. The van der Waals surface area contributed by atoms with E-state index in [-0.39, 0.29) is 5.91 Å². The molecule has 35 heavy (non-hydrogen) atoms. The van der Waals surface area contributed by atoms with Gasteiger partial charge in [-0.2, -0.15) is 0 Å². The van der Waals surface area contributed by atoms with Crippen LogP contribution in [0, 0.1) is 6.92 Å². The normalized spacial score (nSPS) is 14.1. The minimum atomic E-state index is 0.0442. The molecule has 0 unspecified atom stereocenters. The van der Waals surface area contributed by atoms with E-state index in [1.54, 1.807) is 0 Å². The van der Waals surface area contributed by atoms with Crippen LogP contribution in [-0.2, 0) is 0 Å². The van der Waals surface area contributed by atoms with E-state index < -0.39 is 0 Å². The van der Waals surface area contributed by atoms with Gasteiger partial charge in [-0.25, -0.2) is 0 Å². The molecule has 1 amide bonds. The van der Waals surface area contributed by atoms with Crippen LogP contribution >= 0.6 is 0 Å². The molecule has 1 aliphatic heterocycles. The molecule has 1 saturated heterocycles. The lowest BCUT2D eigenvalue weighted by Gasteiger charge is -2.34. The summed E-state index contributed by atoms with van der Waals surface area (Å²) in [7, 11) is 0. The second kappa shape index (κ2) is 10.5. The van der Waals surface area contributed by atoms with E-state index in [4.69, 9.17) is 9.15 Å². The van der Waals surface area contributed by atoms with Crippen LogP contribution in [-0.4, -0.2) is 65.2 Å². The van der Waals surface area contributed by atoms with Gasteiger partial charge in [-0.3, -0.25) is 9.69 Å². The van der Waals surface area contributed by atoms with Crippen LogP contribution < -0.4 is 4.74 Å². The highest BCUT2D eigenvalue weighted by atomic mass is 16.5. The number of nitrogens with zero attached hydrogens (tertiary/aromatic N) is 4. The van der Waals surface area contributed by atoms with Gasteiger partial charge >= 0.3 is 0 Å². The fourth-order valence-corrected chi connectivity index (χ4v) is 4.16. The van der Waals surface area contributed by atoms with Crippen molar-refractivity contribution in [2.45, 2.75) is 6.92 Å². The summed E-state index contributed by atoms with van der Waals surface area (Å²) in [6.07, 6.45) is 0. The minimum absolute atomic E-state index is 0.0442. The summed E-state index contributed by atoms with van der Waals surface area (Å²) in [5.41, 5.74) is 3.47. The van der Waals surface area contributed by atoms with Crippen molar-refractivity contribution in [3.05, 3.63) is 90.0 Å². The summed E-state index contributed by atoms with van der Waals surface area (Å²) in [4.78, 5) is 17.2. The molecule has 7 heteroatoms. The Kier molecular flexibility index (Phi) is 6.86. The number of carbonyl (C=O) groups is 1. The van der Waals surface area contributed by atoms with Gasteiger partial charge in [-0.1, -0.05) is 35.9 Å². The van der Waals surface area contributed by atoms with Gasteiger partial charge in [-0.15, -0.1) is 10.2 Å². The SMILES string of the molecule is Cc1cccc(-c2nnc(-c3ccc(C(=O)N4CCN(CCOc5ccccc5)CC4)cc3)o2)c1. The molecule has 1 fully saturated rings. The Morgan fingerprint density at radius 2 is 1.57 bits per heavy atom. The van der Waals surface area contributed by atoms with Crippen LogP contribution in [0.1, 0.15) is 15.9 Å². The molecule has 3 aromatic carbocycles. The van der Waals surface area contributed by atoms with Gasteiger partial charge in [0.05, 0.1) is 0 Å². The topological polar surface area (TPSA) is 71.7 Å². The standard InChI is InChI=1S/C28H28N4O3/c1-21-6-5-7-24(20-21)27-30-29-26(35-27)22-10-12-23(13-11-22)28(33)32-16-14-31(15-17-32)18-19-34-25-8-3-2-4-9-25/h2-13,20H,14-19H2,1H3. The lowest BCUT2D eigenvalue weighted by Crippen LogP contribution is -2.49. The first-order valence-electron chi connectivity index (χ1n) is 11.9. The molecule has 0 N–H and O–H groups in total. The molecule has 7 nitrogen and oxygen atoms in total. The van der Waals surface area contributed by atoms with Crippen LogP contribution in [0.5, 0.6) is 5.75 Å². The van der Waals surface area contributed by atoms with Crippen molar-refractivity contribution in [3.8, 4) is 28.7 Å². The number of aromatic nitrogens is 2. The molecule has 1 aromatic heterocycles. The number of aryl methyl sites for hydroxylation is 1. The summed E-state index contributed by atoms with van der Waals surface area (Å²) in [6.45, 7) is 6.60. The van der Waals surface area contributed by atoms with Crippen molar-refractivity contribution >= 4 is 5.91 Å². The second-order valence-corrected chi connectivity index (χ2v) is 8.65. The second-order valence-electron chi connectivity index (χ2n) is 8.65. The van der Waals surface area contributed by atoms with Gasteiger partial charge in [0.2, 0.25) is 11.8 Å². The molecule has 0 spiro atoms. The van der Waals surface area contributed by atoms with E-state index in [0.29, 0.717) is 37.0 Å². The third-order valence-electron chi connectivity index (χ3n) is 6.15. The van der Waals surface area contributed by atoms with Crippen molar-refractivity contribution in [2.24, 2.45) is 0 Å². The number of hydrogen-bond donors (Lipinski definition) is 0.